The smallest absolute Gasteiger partial charge is 0.220 e. The third kappa shape index (κ3) is 27.9. The van der Waals surface area contributed by atoms with Crippen LogP contribution in [0.3, 0.4) is 0 Å². The lowest BCUT2D eigenvalue weighted by molar-refractivity contribution is -0.302. The summed E-state index contributed by atoms with van der Waals surface area (Å²) in [6.45, 7) is 3.72. The average molecular weight is 782 g/mol. The van der Waals surface area contributed by atoms with Crippen molar-refractivity contribution in [2.75, 3.05) is 13.2 Å². The Kier molecular flexibility index (Phi) is 34.7. The van der Waals surface area contributed by atoms with Gasteiger partial charge in [0.25, 0.3) is 0 Å². The maximum atomic E-state index is 12.9. The van der Waals surface area contributed by atoms with Crippen molar-refractivity contribution < 1.29 is 39.8 Å². The molecular formula is C46H87NO8. The highest BCUT2D eigenvalue weighted by Gasteiger charge is 2.44. The first-order chi connectivity index (χ1) is 26.8. The van der Waals surface area contributed by atoms with Crippen LogP contribution in [0.1, 0.15) is 206 Å². The quantitative estimate of drug-likeness (QED) is 0.0268. The largest absolute Gasteiger partial charge is 0.394 e. The molecule has 0 bridgehead atoms. The molecule has 0 radical (unpaired) electrons. The number of amides is 1. The Bertz CT molecular complexity index is 914. The summed E-state index contributed by atoms with van der Waals surface area (Å²) in [6, 6.07) is -0.803. The molecule has 0 aromatic rings. The monoisotopic (exact) mass is 782 g/mol. The number of aliphatic hydroxyl groups is 5. The van der Waals surface area contributed by atoms with E-state index in [-0.39, 0.29) is 12.5 Å². The fraction of sp³-hybridized carbons (Fsp3) is 0.891. The Labute approximate surface area is 337 Å². The summed E-state index contributed by atoms with van der Waals surface area (Å²) in [5.74, 6) is -0.178. The van der Waals surface area contributed by atoms with E-state index in [1.54, 1.807) is 6.08 Å². The highest BCUT2D eigenvalue weighted by atomic mass is 16.7. The predicted octanol–water partition coefficient (Wildman–Crippen LogP) is 9.50. The van der Waals surface area contributed by atoms with Gasteiger partial charge >= 0.3 is 0 Å². The second kappa shape index (κ2) is 37.0. The number of ether oxygens (including phenoxy) is 2. The summed E-state index contributed by atoms with van der Waals surface area (Å²) in [5, 5.41) is 54.1. The van der Waals surface area contributed by atoms with Crippen molar-refractivity contribution in [3.8, 4) is 0 Å². The minimum Gasteiger partial charge on any atom is -0.394 e. The third-order valence-corrected chi connectivity index (χ3v) is 11.0. The summed E-state index contributed by atoms with van der Waals surface area (Å²) < 4.78 is 11.2. The van der Waals surface area contributed by atoms with Crippen molar-refractivity contribution in [3.63, 3.8) is 0 Å². The van der Waals surface area contributed by atoms with Gasteiger partial charge in [0, 0.05) is 6.42 Å². The van der Waals surface area contributed by atoms with Crippen molar-refractivity contribution in [2.45, 2.75) is 249 Å². The van der Waals surface area contributed by atoms with Crippen LogP contribution in [0.2, 0.25) is 0 Å². The molecule has 1 amide bonds. The number of hydrogen-bond donors (Lipinski definition) is 6. The van der Waals surface area contributed by atoms with Gasteiger partial charge in [0.2, 0.25) is 5.91 Å². The van der Waals surface area contributed by atoms with Gasteiger partial charge in [0.15, 0.2) is 6.29 Å². The van der Waals surface area contributed by atoms with Gasteiger partial charge in [0.1, 0.15) is 24.4 Å². The number of nitrogens with one attached hydrogen (secondary N) is 1. The number of rotatable bonds is 38. The Balaban J connectivity index is 2.32. The van der Waals surface area contributed by atoms with Gasteiger partial charge < -0.3 is 40.3 Å². The second-order valence-corrected chi connectivity index (χ2v) is 16.2. The van der Waals surface area contributed by atoms with E-state index in [0.717, 1.165) is 44.9 Å². The van der Waals surface area contributed by atoms with Crippen LogP contribution in [0, 0.1) is 0 Å². The fourth-order valence-corrected chi connectivity index (χ4v) is 7.28. The van der Waals surface area contributed by atoms with Crippen LogP contribution in [0.15, 0.2) is 24.3 Å². The van der Waals surface area contributed by atoms with Crippen molar-refractivity contribution >= 4 is 5.91 Å². The van der Waals surface area contributed by atoms with Crippen LogP contribution in [-0.4, -0.2) is 87.5 Å². The standard InChI is InChI=1S/C46H87NO8/c1-3-5-7-9-11-13-15-17-18-19-20-21-22-24-26-28-30-32-34-36-42(50)47-39(38-54-46-45(53)44(52)43(51)41(37-48)55-46)40(49)35-33-31-29-27-25-23-16-14-12-10-8-6-4-2/h8,10,33,35,39-41,43-46,48-49,51-53H,3-7,9,11-32,34,36-38H2,1-2H3,(H,47,50)/b10-8+,35-33+/t39-,40+,41-,43-,44?,45?,46-/m0/s1. The van der Waals surface area contributed by atoms with Crippen LogP contribution in [0.25, 0.3) is 0 Å². The summed E-state index contributed by atoms with van der Waals surface area (Å²) >= 11 is 0. The van der Waals surface area contributed by atoms with Gasteiger partial charge in [0.05, 0.1) is 25.4 Å². The normalized spacial score (nSPS) is 21.5. The molecule has 0 aromatic heterocycles. The summed E-state index contributed by atoms with van der Waals surface area (Å²) in [4.78, 5) is 12.9. The first kappa shape index (κ1) is 51.7. The summed E-state index contributed by atoms with van der Waals surface area (Å²) in [6.07, 6.45) is 36.5. The number of aliphatic hydroxyl groups excluding tert-OH is 5. The van der Waals surface area contributed by atoms with E-state index in [0.29, 0.717) is 6.42 Å². The molecule has 9 nitrogen and oxygen atoms in total. The molecule has 6 N–H and O–H groups in total. The fourth-order valence-electron chi connectivity index (χ4n) is 7.28. The zero-order valence-electron chi connectivity index (χ0n) is 35.4. The van der Waals surface area contributed by atoms with E-state index < -0.39 is 49.5 Å². The molecule has 0 aliphatic carbocycles. The lowest BCUT2D eigenvalue weighted by Crippen LogP contribution is -2.60. The van der Waals surface area contributed by atoms with Gasteiger partial charge in [-0.1, -0.05) is 186 Å². The number of allylic oxidation sites excluding steroid dienone is 3. The van der Waals surface area contributed by atoms with Gasteiger partial charge in [-0.3, -0.25) is 4.79 Å². The molecule has 1 aliphatic heterocycles. The molecule has 1 saturated heterocycles. The van der Waals surface area contributed by atoms with E-state index in [1.807, 2.05) is 6.08 Å². The highest BCUT2D eigenvalue weighted by molar-refractivity contribution is 5.76. The van der Waals surface area contributed by atoms with Crippen molar-refractivity contribution in [2.24, 2.45) is 0 Å². The molecule has 2 unspecified atom stereocenters. The molecule has 1 fully saturated rings. The Morgan fingerprint density at radius 1 is 0.600 bits per heavy atom. The zero-order chi connectivity index (χ0) is 40.2. The first-order valence-electron chi connectivity index (χ1n) is 23.1. The molecule has 1 rings (SSSR count). The van der Waals surface area contributed by atoms with Crippen LogP contribution in [-0.2, 0) is 14.3 Å². The molecule has 55 heavy (non-hydrogen) atoms. The molecule has 9 heteroatoms. The van der Waals surface area contributed by atoms with E-state index in [9.17, 15) is 30.3 Å². The zero-order valence-corrected chi connectivity index (χ0v) is 35.4. The number of hydrogen-bond acceptors (Lipinski definition) is 8. The Morgan fingerprint density at radius 2 is 1.05 bits per heavy atom. The number of carbonyl (C=O) groups is 1. The lowest BCUT2D eigenvalue weighted by Gasteiger charge is -2.40. The van der Waals surface area contributed by atoms with E-state index in [4.69, 9.17) is 9.47 Å². The number of unbranched alkanes of at least 4 members (excludes halogenated alkanes) is 26. The van der Waals surface area contributed by atoms with Crippen molar-refractivity contribution in [1.29, 1.82) is 0 Å². The average Bonchev–Trinajstić information content (AvgIpc) is 3.18. The topological polar surface area (TPSA) is 149 Å². The highest BCUT2D eigenvalue weighted by Crippen LogP contribution is 2.23. The second-order valence-electron chi connectivity index (χ2n) is 16.2. The molecule has 0 saturated carbocycles. The van der Waals surface area contributed by atoms with Crippen molar-refractivity contribution in [1.82, 2.24) is 5.32 Å². The lowest BCUT2D eigenvalue weighted by atomic mass is 9.99. The molecule has 7 atom stereocenters. The van der Waals surface area contributed by atoms with Crippen LogP contribution in [0.4, 0.5) is 0 Å². The van der Waals surface area contributed by atoms with Gasteiger partial charge in [-0.15, -0.1) is 0 Å². The Morgan fingerprint density at radius 3 is 1.55 bits per heavy atom. The minimum absolute atomic E-state index is 0.178. The molecule has 0 spiro atoms. The van der Waals surface area contributed by atoms with Gasteiger partial charge in [-0.2, -0.15) is 0 Å². The minimum atomic E-state index is -1.56. The maximum absolute atomic E-state index is 12.9. The van der Waals surface area contributed by atoms with Crippen LogP contribution < -0.4 is 5.32 Å². The SMILES string of the molecule is CCC/C=C/CCCCCCCC/C=C/[C@@H](O)[C@H](CO[C@H]1O[C@@H](CO)[C@H](O)C(O)C1O)NC(=O)CCCCCCCCCCCCCCCCCCCCC. The van der Waals surface area contributed by atoms with E-state index in [2.05, 4.69) is 31.3 Å². The Hall–Kier alpha value is -1.33. The summed E-state index contributed by atoms with van der Waals surface area (Å²) in [5.41, 5.74) is 0. The molecule has 324 valence electrons. The van der Waals surface area contributed by atoms with E-state index in [1.165, 1.54) is 141 Å². The van der Waals surface area contributed by atoms with Crippen LogP contribution >= 0.6 is 0 Å². The third-order valence-electron chi connectivity index (χ3n) is 11.0. The van der Waals surface area contributed by atoms with Crippen LogP contribution in [0.5, 0.6) is 0 Å². The van der Waals surface area contributed by atoms with Gasteiger partial charge in [-0.05, 0) is 38.5 Å². The van der Waals surface area contributed by atoms with E-state index >= 15 is 0 Å². The molecule has 0 aromatic carbocycles. The van der Waals surface area contributed by atoms with Gasteiger partial charge in [-0.25, -0.2) is 0 Å². The maximum Gasteiger partial charge on any atom is 0.220 e. The predicted molar refractivity (Wildman–Crippen MR) is 226 cm³/mol. The first-order valence-corrected chi connectivity index (χ1v) is 23.1. The van der Waals surface area contributed by atoms with Crippen molar-refractivity contribution in [3.05, 3.63) is 24.3 Å². The molecule has 1 heterocycles. The number of carbonyl (C=O) groups excluding carboxylic acids is 1. The summed E-state index contributed by atoms with van der Waals surface area (Å²) in [7, 11) is 0. The molecular weight excluding hydrogens is 695 g/mol. The molecule has 1 aliphatic rings.